The molecule has 1 saturated carbocycles. The summed E-state index contributed by atoms with van der Waals surface area (Å²) < 4.78 is 40.0. The smallest absolute Gasteiger partial charge is 0.427 e. The van der Waals surface area contributed by atoms with Gasteiger partial charge in [0, 0.05) is 12.8 Å². The lowest BCUT2D eigenvalue weighted by molar-refractivity contribution is -0.259. The standard InChI is InChI=1S/C10H15F3O3/c1-9(15,7-5-3-2-4-6-7)16-8(14)10(11,12)13/h7,15H,2-6H2,1H3. The van der Waals surface area contributed by atoms with E-state index in [0.29, 0.717) is 12.8 Å². The van der Waals surface area contributed by atoms with Crippen molar-refractivity contribution >= 4 is 5.97 Å². The van der Waals surface area contributed by atoms with Crippen molar-refractivity contribution in [3.8, 4) is 0 Å². The Bertz CT molecular complexity index is 255. The largest absolute Gasteiger partial charge is 0.491 e. The number of hydrogen-bond donors (Lipinski definition) is 1. The second kappa shape index (κ2) is 4.61. The molecule has 0 spiro atoms. The van der Waals surface area contributed by atoms with Gasteiger partial charge in [0.15, 0.2) is 0 Å². The topological polar surface area (TPSA) is 46.5 Å². The number of halogens is 3. The number of ether oxygens (including phenoxy) is 1. The summed E-state index contributed by atoms with van der Waals surface area (Å²) in [7, 11) is 0. The Hall–Kier alpha value is -0.780. The molecule has 0 aliphatic heterocycles. The first-order valence-electron chi connectivity index (χ1n) is 5.26. The van der Waals surface area contributed by atoms with Crippen molar-refractivity contribution in [1.82, 2.24) is 0 Å². The van der Waals surface area contributed by atoms with E-state index >= 15 is 0 Å². The molecule has 0 bridgehead atoms. The SMILES string of the molecule is CC(O)(OC(=O)C(F)(F)F)C1CCCCC1. The van der Waals surface area contributed by atoms with Crippen LogP contribution in [0.4, 0.5) is 13.2 Å². The van der Waals surface area contributed by atoms with Crippen LogP contribution in [0.2, 0.25) is 0 Å². The fraction of sp³-hybridized carbons (Fsp3) is 0.900. The Morgan fingerprint density at radius 3 is 2.19 bits per heavy atom. The highest BCUT2D eigenvalue weighted by Gasteiger charge is 2.46. The van der Waals surface area contributed by atoms with Gasteiger partial charge in [0.1, 0.15) is 0 Å². The van der Waals surface area contributed by atoms with Gasteiger partial charge in [-0.05, 0) is 12.8 Å². The summed E-state index contributed by atoms with van der Waals surface area (Å²) in [4.78, 5) is 10.6. The lowest BCUT2D eigenvalue weighted by Crippen LogP contribution is -2.44. The third kappa shape index (κ3) is 3.37. The lowest BCUT2D eigenvalue weighted by Gasteiger charge is -2.34. The van der Waals surface area contributed by atoms with Crippen LogP contribution >= 0.6 is 0 Å². The molecule has 1 N–H and O–H groups in total. The van der Waals surface area contributed by atoms with Crippen LogP contribution in [0, 0.1) is 5.92 Å². The molecule has 0 amide bonds. The summed E-state index contributed by atoms with van der Waals surface area (Å²) in [6, 6.07) is 0. The molecule has 0 aromatic carbocycles. The van der Waals surface area contributed by atoms with Crippen molar-refractivity contribution in [3.05, 3.63) is 0 Å². The molecule has 1 rings (SSSR count). The van der Waals surface area contributed by atoms with E-state index in [0.717, 1.165) is 26.2 Å². The van der Waals surface area contributed by atoms with Crippen LogP contribution in [0.5, 0.6) is 0 Å². The van der Waals surface area contributed by atoms with E-state index in [1.165, 1.54) is 0 Å². The molecule has 0 heterocycles. The van der Waals surface area contributed by atoms with Gasteiger partial charge in [0.2, 0.25) is 5.79 Å². The number of esters is 1. The molecule has 1 aliphatic rings. The third-order valence-corrected chi connectivity index (χ3v) is 2.89. The van der Waals surface area contributed by atoms with Gasteiger partial charge in [-0.25, -0.2) is 4.79 Å². The van der Waals surface area contributed by atoms with Crippen LogP contribution in [0.25, 0.3) is 0 Å². The lowest BCUT2D eigenvalue weighted by atomic mass is 9.84. The van der Waals surface area contributed by atoms with Gasteiger partial charge in [0.25, 0.3) is 0 Å². The van der Waals surface area contributed by atoms with Gasteiger partial charge in [-0.2, -0.15) is 13.2 Å². The summed E-state index contributed by atoms with van der Waals surface area (Å²) in [6.45, 7) is 1.12. The van der Waals surface area contributed by atoms with Crippen molar-refractivity contribution < 1.29 is 27.8 Å². The molecule has 16 heavy (non-hydrogen) atoms. The number of carbonyl (C=O) groups is 1. The average Bonchev–Trinajstić information content (AvgIpc) is 2.17. The number of aliphatic hydroxyl groups is 1. The Balaban J connectivity index is 2.59. The fourth-order valence-corrected chi connectivity index (χ4v) is 1.97. The van der Waals surface area contributed by atoms with Crippen LogP contribution in [0.3, 0.4) is 0 Å². The molecule has 6 heteroatoms. The summed E-state index contributed by atoms with van der Waals surface area (Å²) in [5, 5.41) is 9.73. The number of rotatable bonds is 2. The van der Waals surface area contributed by atoms with Crippen LogP contribution in [0.15, 0.2) is 0 Å². The highest BCUT2D eigenvalue weighted by molar-refractivity contribution is 5.75. The van der Waals surface area contributed by atoms with E-state index in [1.54, 1.807) is 0 Å². The van der Waals surface area contributed by atoms with Gasteiger partial charge in [-0.1, -0.05) is 19.3 Å². The molecule has 3 nitrogen and oxygen atoms in total. The van der Waals surface area contributed by atoms with Crippen LogP contribution in [-0.4, -0.2) is 23.0 Å². The minimum Gasteiger partial charge on any atom is -0.427 e. The summed E-state index contributed by atoms with van der Waals surface area (Å²) >= 11 is 0. The third-order valence-electron chi connectivity index (χ3n) is 2.89. The summed E-state index contributed by atoms with van der Waals surface area (Å²) in [5.41, 5.74) is 0. The number of alkyl halides is 3. The average molecular weight is 240 g/mol. The highest BCUT2D eigenvalue weighted by atomic mass is 19.4. The highest BCUT2D eigenvalue weighted by Crippen LogP contribution is 2.34. The maximum atomic E-state index is 12.0. The molecule has 1 fully saturated rings. The first-order chi connectivity index (χ1) is 7.23. The maximum Gasteiger partial charge on any atom is 0.491 e. The molecule has 0 aromatic rings. The monoisotopic (exact) mass is 240 g/mol. The van der Waals surface area contributed by atoms with E-state index in [1.807, 2.05) is 0 Å². The summed E-state index contributed by atoms with van der Waals surface area (Å²) in [6.07, 6.45) is -1.22. The Kier molecular flexibility index (Phi) is 3.83. The van der Waals surface area contributed by atoms with Crippen molar-refractivity contribution in [1.29, 1.82) is 0 Å². The van der Waals surface area contributed by atoms with Crippen LogP contribution in [0.1, 0.15) is 39.0 Å². The van der Waals surface area contributed by atoms with Gasteiger partial charge in [-0.3, -0.25) is 0 Å². The van der Waals surface area contributed by atoms with Crippen molar-refractivity contribution in [2.45, 2.75) is 51.0 Å². The molecular weight excluding hydrogens is 225 g/mol. The van der Waals surface area contributed by atoms with E-state index in [4.69, 9.17) is 0 Å². The zero-order valence-corrected chi connectivity index (χ0v) is 9.01. The minimum absolute atomic E-state index is 0.410. The van der Waals surface area contributed by atoms with Gasteiger partial charge < -0.3 is 9.84 Å². The molecular formula is C10H15F3O3. The molecule has 0 radical (unpaired) electrons. The predicted octanol–water partition coefficient (Wildman–Crippen LogP) is 2.38. The molecule has 1 aliphatic carbocycles. The first-order valence-corrected chi connectivity index (χ1v) is 5.26. The van der Waals surface area contributed by atoms with Crippen LogP contribution < -0.4 is 0 Å². The number of hydrogen-bond acceptors (Lipinski definition) is 3. The molecule has 1 atom stereocenters. The van der Waals surface area contributed by atoms with E-state index in [2.05, 4.69) is 4.74 Å². The zero-order chi connectivity index (χ0) is 12.4. The minimum atomic E-state index is -5.06. The molecule has 94 valence electrons. The normalized spacial score (nSPS) is 22.6. The van der Waals surface area contributed by atoms with Crippen LogP contribution in [-0.2, 0) is 9.53 Å². The second-order valence-corrected chi connectivity index (χ2v) is 4.28. The van der Waals surface area contributed by atoms with E-state index in [-0.39, 0.29) is 0 Å². The Morgan fingerprint density at radius 1 is 1.25 bits per heavy atom. The summed E-state index contributed by atoms with van der Waals surface area (Å²) in [5.74, 6) is -4.76. The van der Waals surface area contributed by atoms with Gasteiger partial charge in [0.05, 0.1) is 0 Å². The molecule has 0 aromatic heterocycles. The predicted molar refractivity (Wildman–Crippen MR) is 49.3 cm³/mol. The van der Waals surface area contributed by atoms with E-state index in [9.17, 15) is 23.1 Å². The van der Waals surface area contributed by atoms with Gasteiger partial charge >= 0.3 is 12.1 Å². The van der Waals surface area contributed by atoms with Crippen molar-refractivity contribution in [3.63, 3.8) is 0 Å². The Labute approximate surface area is 91.6 Å². The zero-order valence-electron chi connectivity index (χ0n) is 9.01. The molecule has 1 unspecified atom stereocenters. The maximum absolute atomic E-state index is 12.0. The van der Waals surface area contributed by atoms with E-state index < -0.39 is 23.9 Å². The van der Waals surface area contributed by atoms with Crippen molar-refractivity contribution in [2.75, 3.05) is 0 Å². The first kappa shape index (κ1) is 13.3. The number of carbonyl (C=O) groups excluding carboxylic acids is 1. The fourth-order valence-electron chi connectivity index (χ4n) is 1.97. The second-order valence-electron chi connectivity index (χ2n) is 4.28. The quantitative estimate of drug-likeness (QED) is 0.595. The van der Waals surface area contributed by atoms with Crippen molar-refractivity contribution in [2.24, 2.45) is 5.92 Å². The Morgan fingerprint density at radius 2 is 1.75 bits per heavy atom. The van der Waals surface area contributed by atoms with Gasteiger partial charge in [-0.15, -0.1) is 0 Å². The molecule has 0 saturated heterocycles.